The van der Waals surface area contributed by atoms with Crippen LogP contribution in [0.5, 0.6) is 23.0 Å². The van der Waals surface area contributed by atoms with E-state index in [9.17, 15) is 0 Å². The maximum Gasteiger partial charge on any atom is 0.127 e. The second kappa shape index (κ2) is 13.6. The molecule has 0 bridgehead atoms. The van der Waals surface area contributed by atoms with Gasteiger partial charge in [-0.1, -0.05) is 60.7 Å². The van der Waals surface area contributed by atoms with E-state index in [1.165, 1.54) is 25.2 Å². The van der Waals surface area contributed by atoms with E-state index in [2.05, 4.69) is 35.7 Å². The van der Waals surface area contributed by atoms with Gasteiger partial charge in [0, 0.05) is 0 Å². The summed E-state index contributed by atoms with van der Waals surface area (Å²) in [7, 11) is 3.00. The summed E-state index contributed by atoms with van der Waals surface area (Å²) in [4.78, 5) is 0. The minimum atomic E-state index is 0.844. The molecule has 0 aliphatic heterocycles. The number of rotatable bonds is 6. The molecule has 4 rings (SSSR count). The Bertz CT molecular complexity index is 888. The van der Waals surface area contributed by atoms with Crippen molar-refractivity contribution in [2.24, 2.45) is 11.5 Å². The van der Waals surface area contributed by atoms with E-state index in [0.717, 1.165) is 29.4 Å². The molecular weight excluding hydrogens is 384 g/mol. The van der Waals surface area contributed by atoms with E-state index in [4.69, 9.17) is 9.47 Å². The summed E-state index contributed by atoms with van der Waals surface area (Å²) in [6.07, 6.45) is 0.872. The van der Waals surface area contributed by atoms with E-state index in [1.54, 1.807) is 0 Å². The average molecular weight is 415 g/mol. The second-order valence-corrected chi connectivity index (χ2v) is 6.29. The van der Waals surface area contributed by atoms with Crippen molar-refractivity contribution in [1.29, 1.82) is 0 Å². The molecule has 0 unspecified atom stereocenters. The smallest absolute Gasteiger partial charge is 0.127 e. The molecule has 31 heavy (non-hydrogen) atoms. The molecule has 0 saturated heterocycles. The Morgan fingerprint density at radius 3 is 1.03 bits per heavy atom. The van der Waals surface area contributed by atoms with Crippen LogP contribution in [0.1, 0.15) is 11.1 Å². The molecule has 160 valence electrons. The van der Waals surface area contributed by atoms with Crippen molar-refractivity contribution < 1.29 is 9.47 Å². The van der Waals surface area contributed by atoms with Crippen LogP contribution in [0, 0.1) is 0 Å². The van der Waals surface area contributed by atoms with Gasteiger partial charge in [0.2, 0.25) is 0 Å². The van der Waals surface area contributed by atoms with Crippen LogP contribution in [0.3, 0.4) is 0 Å². The number of benzene rings is 4. The predicted molar refractivity (Wildman–Crippen MR) is 129 cm³/mol. The molecule has 0 aromatic heterocycles. The van der Waals surface area contributed by atoms with Gasteiger partial charge in [-0.15, -0.1) is 0 Å². The summed E-state index contributed by atoms with van der Waals surface area (Å²) in [5.41, 5.74) is 11.5. The maximum atomic E-state index is 5.84. The average Bonchev–Trinajstić information content (AvgIpc) is 2.85. The van der Waals surface area contributed by atoms with Gasteiger partial charge in [0.05, 0.1) is 0 Å². The lowest BCUT2D eigenvalue weighted by atomic mass is 10.0. The van der Waals surface area contributed by atoms with E-state index >= 15 is 0 Å². The molecule has 4 nitrogen and oxygen atoms in total. The number of ether oxygens (including phenoxy) is 2. The van der Waals surface area contributed by atoms with Gasteiger partial charge in [-0.2, -0.15) is 0 Å². The van der Waals surface area contributed by atoms with Crippen LogP contribution in [-0.4, -0.2) is 14.1 Å². The highest BCUT2D eigenvalue weighted by Crippen LogP contribution is 2.24. The summed E-state index contributed by atoms with van der Waals surface area (Å²) in [6, 6.07) is 36.1. The molecule has 0 atom stereocenters. The molecule has 0 saturated carbocycles. The summed E-state index contributed by atoms with van der Waals surface area (Å²) < 4.78 is 11.7. The van der Waals surface area contributed by atoms with E-state index in [-0.39, 0.29) is 0 Å². The Kier molecular flexibility index (Phi) is 10.4. The van der Waals surface area contributed by atoms with Crippen molar-refractivity contribution in [2.45, 2.75) is 6.42 Å². The van der Waals surface area contributed by atoms with Crippen molar-refractivity contribution in [3.8, 4) is 23.0 Å². The van der Waals surface area contributed by atoms with Crippen LogP contribution in [0.4, 0.5) is 0 Å². The molecule has 0 fully saturated rings. The van der Waals surface area contributed by atoms with E-state index in [1.807, 2.05) is 84.9 Å². The van der Waals surface area contributed by atoms with Gasteiger partial charge in [-0.3, -0.25) is 0 Å². The van der Waals surface area contributed by atoms with Crippen molar-refractivity contribution in [2.75, 3.05) is 14.1 Å². The molecule has 4 heteroatoms. The first-order valence-electron chi connectivity index (χ1n) is 10.1. The quantitative estimate of drug-likeness (QED) is 0.405. The highest BCUT2D eigenvalue weighted by atomic mass is 16.5. The van der Waals surface area contributed by atoms with Gasteiger partial charge < -0.3 is 20.9 Å². The van der Waals surface area contributed by atoms with Crippen LogP contribution < -0.4 is 20.9 Å². The van der Waals surface area contributed by atoms with Crippen LogP contribution in [0.25, 0.3) is 0 Å². The number of nitrogens with two attached hydrogens (primary N) is 2. The van der Waals surface area contributed by atoms with Gasteiger partial charge in [-0.25, -0.2) is 0 Å². The SMILES string of the molecule is CN.CN.c1ccc(Oc2ccc(Cc3ccc(Oc4ccccc4)cc3)cc2)cc1. The third-order valence-electron chi connectivity index (χ3n) is 4.21. The van der Waals surface area contributed by atoms with Crippen molar-refractivity contribution in [3.63, 3.8) is 0 Å². The predicted octanol–water partition coefficient (Wildman–Crippen LogP) is 6.01. The zero-order valence-corrected chi connectivity index (χ0v) is 18.1. The van der Waals surface area contributed by atoms with Crippen molar-refractivity contribution >= 4 is 0 Å². The molecule has 4 aromatic carbocycles. The van der Waals surface area contributed by atoms with Crippen LogP contribution in [0.2, 0.25) is 0 Å². The van der Waals surface area contributed by atoms with Gasteiger partial charge in [0.1, 0.15) is 23.0 Å². The van der Waals surface area contributed by atoms with Crippen LogP contribution >= 0.6 is 0 Å². The fourth-order valence-electron chi connectivity index (χ4n) is 2.84. The summed E-state index contributed by atoms with van der Waals surface area (Å²) in [6.45, 7) is 0. The van der Waals surface area contributed by atoms with Gasteiger partial charge in [0.15, 0.2) is 0 Å². The van der Waals surface area contributed by atoms with Crippen molar-refractivity contribution in [3.05, 3.63) is 120 Å². The summed E-state index contributed by atoms with van der Waals surface area (Å²) in [5, 5.41) is 0. The second-order valence-electron chi connectivity index (χ2n) is 6.29. The van der Waals surface area contributed by atoms with Gasteiger partial charge in [-0.05, 0) is 80.2 Å². The number of para-hydroxylation sites is 2. The molecular formula is C27H30N2O2. The number of hydrogen-bond acceptors (Lipinski definition) is 4. The first-order chi connectivity index (χ1) is 15.3. The van der Waals surface area contributed by atoms with Crippen molar-refractivity contribution in [1.82, 2.24) is 0 Å². The molecule has 0 spiro atoms. The lowest BCUT2D eigenvalue weighted by molar-refractivity contribution is 0.482. The molecule has 4 aromatic rings. The highest BCUT2D eigenvalue weighted by Gasteiger charge is 2.01. The third-order valence-corrected chi connectivity index (χ3v) is 4.21. The zero-order chi connectivity index (χ0) is 22.3. The first-order valence-corrected chi connectivity index (χ1v) is 10.1. The van der Waals surface area contributed by atoms with E-state index in [0.29, 0.717) is 0 Å². The molecule has 0 heterocycles. The standard InChI is InChI=1S/C25H20O2.2CH5N/c1-3-7-22(8-4-1)26-24-15-11-20(12-16-24)19-21-13-17-25(18-14-21)27-23-9-5-2-6-10-23;2*1-2/h1-18H,19H2;2*2H2,1H3. The molecule has 0 radical (unpaired) electrons. The minimum Gasteiger partial charge on any atom is -0.457 e. The highest BCUT2D eigenvalue weighted by molar-refractivity contribution is 5.37. The Morgan fingerprint density at radius 2 is 0.710 bits per heavy atom. The number of hydrogen-bond donors (Lipinski definition) is 2. The Morgan fingerprint density at radius 1 is 0.419 bits per heavy atom. The van der Waals surface area contributed by atoms with E-state index < -0.39 is 0 Å². The van der Waals surface area contributed by atoms with Gasteiger partial charge >= 0.3 is 0 Å². The Hall–Kier alpha value is -3.60. The third kappa shape index (κ3) is 7.97. The molecule has 0 aliphatic carbocycles. The largest absolute Gasteiger partial charge is 0.457 e. The minimum absolute atomic E-state index is 0.844. The lowest BCUT2D eigenvalue weighted by Crippen LogP contribution is -1.90. The topological polar surface area (TPSA) is 70.5 Å². The zero-order valence-electron chi connectivity index (χ0n) is 18.1. The Balaban J connectivity index is 0.000000807. The molecule has 4 N–H and O–H groups in total. The molecule has 0 amide bonds. The fourth-order valence-corrected chi connectivity index (χ4v) is 2.84. The normalized spacial score (nSPS) is 9.42. The lowest BCUT2D eigenvalue weighted by Gasteiger charge is -2.08. The fraction of sp³-hybridized carbons (Fsp3) is 0.111. The summed E-state index contributed by atoms with van der Waals surface area (Å²) >= 11 is 0. The Labute approximate surface area is 185 Å². The van der Waals surface area contributed by atoms with Crippen LogP contribution in [0.15, 0.2) is 109 Å². The van der Waals surface area contributed by atoms with Crippen LogP contribution in [-0.2, 0) is 6.42 Å². The first kappa shape index (κ1) is 23.7. The monoisotopic (exact) mass is 414 g/mol. The summed E-state index contributed by atoms with van der Waals surface area (Å²) in [5.74, 6) is 3.38. The maximum absolute atomic E-state index is 5.84. The molecule has 0 aliphatic rings. The van der Waals surface area contributed by atoms with Gasteiger partial charge in [0.25, 0.3) is 0 Å².